The van der Waals surface area contributed by atoms with E-state index in [2.05, 4.69) is 46.8 Å². The molecule has 0 heterocycles. The highest BCUT2D eigenvalue weighted by molar-refractivity contribution is 5.75. The molecule has 112 valence electrons. The highest BCUT2D eigenvalue weighted by Crippen LogP contribution is 2.36. The number of benzene rings is 1. The van der Waals surface area contributed by atoms with Crippen LogP contribution in [0.2, 0.25) is 0 Å². The van der Waals surface area contributed by atoms with E-state index < -0.39 is 0 Å². The minimum atomic E-state index is 0.0515. The van der Waals surface area contributed by atoms with Crippen LogP contribution >= 0.6 is 0 Å². The first-order chi connectivity index (χ1) is 9.15. The maximum absolute atomic E-state index is 11.3. The molecule has 0 bridgehead atoms. The number of rotatable bonds is 5. The molecule has 1 atom stereocenters. The number of hydrogen-bond acceptors (Lipinski definition) is 2. The summed E-state index contributed by atoms with van der Waals surface area (Å²) in [5.74, 6) is 1.58. The van der Waals surface area contributed by atoms with Gasteiger partial charge < -0.3 is 9.53 Å². The maximum atomic E-state index is 11.3. The van der Waals surface area contributed by atoms with Crippen molar-refractivity contribution in [2.24, 2.45) is 5.92 Å². The van der Waals surface area contributed by atoms with Gasteiger partial charge in [-0.1, -0.05) is 45.4 Å². The van der Waals surface area contributed by atoms with E-state index in [0.717, 1.165) is 12.2 Å². The molecule has 2 heteroatoms. The number of ether oxygens (including phenoxy) is 1. The summed E-state index contributed by atoms with van der Waals surface area (Å²) in [6, 6.07) is 4.39. The molecule has 0 radical (unpaired) electrons. The number of carbonyl (C=O) groups excluding carboxylic acids is 1. The second-order valence-electron chi connectivity index (χ2n) is 6.97. The van der Waals surface area contributed by atoms with Gasteiger partial charge in [-0.3, -0.25) is 0 Å². The minimum Gasteiger partial charge on any atom is -0.496 e. The van der Waals surface area contributed by atoms with Crippen LogP contribution in [0.3, 0.4) is 0 Å². The number of ketones is 1. The highest BCUT2D eigenvalue weighted by atomic mass is 16.5. The van der Waals surface area contributed by atoms with Gasteiger partial charge in [-0.25, -0.2) is 0 Å². The molecule has 1 rings (SSSR count). The molecule has 2 nitrogen and oxygen atoms in total. The molecule has 1 aromatic carbocycles. The minimum absolute atomic E-state index is 0.0515. The normalized spacial score (nSPS) is 13.2. The zero-order chi connectivity index (χ0) is 15.5. The van der Waals surface area contributed by atoms with Crippen molar-refractivity contribution in [3.05, 3.63) is 28.8 Å². The van der Waals surface area contributed by atoms with Crippen molar-refractivity contribution in [1.82, 2.24) is 0 Å². The van der Waals surface area contributed by atoms with Crippen LogP contribution in [0.15, 0.2) is 12.1 Å². The Kier molecular flexibility index (Phi) is 5.38. The molecule has 1 aromatic rings. The van der Waals surface area contributed by atoms with E-state index in [0.29, 0.717) is 12.3 Å². The largest absolute Gasteiger partial charge is 0.496 e. The zero-order valence-electron chi connectivity index (χ0n) is 14.0. The third-order valence-corrected chi connectivity index (χ3v) is 3.53. The Morgan fingerprint density at radius 3 is 2.35 bits per heavy atom. The lowest BCUT2D eigenvalue weighted by Crippen LogP contribution is -2.15. The van der Waals surface area contributed by atoms with E-state index in [1.807, 2.05) is 0 Å². The molecule has 0 amide bonds. The summed E-state index contributed by atoms with van der Waals surface area (Å²) < 4.78 is 5.68. The molecule has 0 N–H and O–H groups in total. The average Bonchev–Trinajstić information content (AvgIpc) is 2.25. The lowest BCUT2D eigenvalue weighted by molar-refractivity contribution is -0.117. The number of methoxy groups -OCH3 is 1. The van der Waals surface area contributed by atoms with Gasteiger partial charge in [0.25, 0.3) is 0 Å². The van der Waals surface area contributed by atoms with E-state index >= 15 is 0 Å². The molecule has 0 fully saturated rings. The van der Waals surface area contributed by atoms with Crippen molar-refractivity contribution in [1.29, 1.82) is 0 Å². The lowest BCUT2D eigenvalue weighted by atomic mass is 9.82. The van der Waals surface area contributed by atoms with Gasteiger partial charge in [-0.15, -0.1) is 0 Å². The Labute approximate surface area is 123 Å². The van der Waals surface area contributed by atoms with Gasteiger partial charge in [0.1, 0.15) is 11.5 Å². The Morgan fingerprint density at radius 1 is 1.30 bits per heavy atom. The van der Waals surface area contributed by atoms with E-state index in [4.69, 9.17) is 4.74 Å². The average molecular weight is 276 g/mol. The van der Waals surface area contributed by atoms with E-state index in [9.17, 15) is 4.79 Å². The van der Waals surface area contributed by atoms with Crippen LogP contribution in [0.1, 0.15) is 57.7 Å². The first kappa shape index (κ1) is 16.7. The molecule has 0 aliphatic rings. The van der Waals surface area contributed by atoms with Crippen LogP contribution in [0.25, 0.3) is 0 Å². The number of carbonyl (C=O) groups is 1. The van der Waals surface area contributed by atoms with E-state index in [1.54, 1.807) is 14.0 Å². The Bertz CT molecular complexity index is 481. The van der Waals surface area contributed by atoms with Crippen molar-refractivity contribution in [3.8, 4) is 5.75 Å². The number of hydrogen-bond donors (Lipinski definition) is 0. The fourth-order valence-electron chi connectivity index (χ4n) is 2.74. The summed E-state index contributed by atoms with van der Waals surface area (Å²) in [6.07, 6.45) is 1.51. The smallest absolute Gasteiger partial charge is 0.130 e. The summed E-state index contributed by atoms with van der Waals surface area (Å²) in [5.41, 5.74) is 3.76. The Morgan fingerprint density at radius 2 is 1.90 bits per heavy atom. The highest BCUT2D eigenvalue weighted by Gasteiger charge is 2.22. The number of aryl methyl sites for hydroxylation is 1. The standard InChI is InChI=1S/C18H28O2/c1-12(8-14(3)19)9-15-10-13(2)11-16(17(15)20-7)18(4,5)6/h10-12H,8-9H2,1-7H3. The molecule has 20 heavy (non-hydrogen) atoms. The molecule has 0 aliphatic heterocycles. The summed E-state index contributed by atoms with van der Waals surface area (Å²) in [7, 11) is 1.74. The topological polar surface area (TPSA) is 26.3 Å². The van der Waals surface area contributed by atoms with Crippen molar-refractivity contribution in [2.75, 3.05) is 7.11 Å². The van der Waals surface area contributed by atoms with E-state index in [1.165, 1.54) is 16.7 Å². The quantitative estimate of drug-likeness (QED) is 0.793. The van der Waals surface area contributed by atoms with Crippen LogP contribution < -0.4 is 4.74 Å². The van der Waals surface area contributed by atoms with E-state index in [-0.39, 0.29) is 11.2 Å². The van der Waals surface area contributed by atoms with Crippen LogP contribution in [0.5, 0.6) is 5.75 Å². The van der Waals surface area contributed by atoms with Crippen LogP contribution in [0.4, 0.5) is 0 Å². The fraction of sp³-hybridized carbons (Fsp3) is 0.611. The molecular formula is C18H28O2. The van der Waals surface area contributed by atoms with Gasteiger partial charge in [0.05, 0.1) is 7.11 Å². The van der Waals surface area contributed by atoms with Gasteiger partial charge >= 0.3 is 0 Å². The van der Waals surface area contributed by atoms with Crippen LogP contribution in [-0.2, 0) is 16.6 Å². The van der Waals surface area contributed by atoms with Crippen LogP contribution in [-0.4, -0.2) is 12.9 Å². The molecule has 0 aromatic heterocycles. The summed E-state index contributed by atoms with van der Waals surface area (Å²) in [5, 5.41) is 0. The van der Waals surface area contributed by atoms with Crippen LogP contribution in [0, 0.1) is 12.8 Å². The first-order valence-corrected chi connectivity index (χ1v) is 7.32. The molecule has 1 unspecified atom stereocenters. The molecular weight excluding hydrogens is 248 g/mol. The fourth-order valence-corrected chi connectivity index (χ4v) is 2.74. The molecule has 0 spiro atoms. The summed E-state index contributed by atoms with van der Waals surface area (Å²) in [4.78, 5) is 11.3. The second-order valence-corrected chi connectivity index (χ2v) is 6.97. The monoisotopic (exact) mass is 276 g/mol. The lowest BCUT2D eigenvalue weighted by Gasteiger charge is -2.25. The number of Topliss-reactive ketones (excluding diaryl/α,β-unsaturated/α-hetero) is 1. The summed E-state index contributed by atoms with van der Waals surface area (Å²) >= 11 is 0. The Balaban J connectivity index is 3.19. The predicted molar refractivity (Wildman–Crippen MR) is 84.6 cm³/mol. The van der Waals surface area contributed by atoms with Gasteiger partial charge in [-0.2, -0.15) is 0 Å². The SMILES string of the molecule is COc1c(CC(C)CC(C)=O)cc(C)cc1C(C)(C)C. The van der Waals surface area contributed by atoms with Gasteiger partial charge in [0.15, 0.2) is 0 Å². The third kappa shape index (κ3) is 4.36. The predicted octanol–water partition coefficient (Wildman–Crippen LogP) is 4.46. The van der Waals surface area contributed by atoms with Crippen molar-refractivity contribution < 1.29 is 9.53 Å². The third-order valence-electron chi connectivity index (χ3n) is 3.53. The van der Waals surface area contributed by atoms with Crippen molar-refractivity contribution in [3.63, 3.8) is 0 Å². The second kappa shape index (κ2) is 6.43. The summed E-state index contributed by atoms with van der Waals surface area (Å²) in [6.45, 7) is 12.5. The molecule has 0 saturated heterocycles. The first-order valence-electron chi connectivity index (χ1n) is 7.32. The molecule has 0 saturated carbocycles. The Hall–Kier alpha value is -1.31. The van der Waals surface area contributed by atoms with Gasteiger partial charge in [0, 0.05) is 12.0 Å². The zero-order valence-corrected chi connectivity index (χ0v) is 14.0. The van der Waals surface area contributed by atoms with Gasteiger partial charge in [0.2, 0.25) is 0 Å². The van der Waals surface area contributed by atoms with Crippen molar-refractivity contribution >= 4 is 5.78 Å². The molecule has 0 aliphatic carbocycles. The van der Waals surface area contributed by atoms with Gasteiger partial charge in [-0.05, 0) is 37.2 Å². The van der Waals surface area contributed by atoms with Crippen molar-refractivity contribution in [2.45, 2.75) is 59.8 Å². The maximum Gasteiger partial charge on any atom is 0.130 e.